The Kier molecular flexibility index (Phi) is 5.50. The number of Topliss-reactive ketones (excluding diaryl/α,β-unsaturated/α-hetero) is 1. The minimum absolute atomic E-state index is 0.0155. The van der Waals surface area contributed by atoms with Crippen LogP contribution in [0, 0.1) is 0 Å². The number of hydrogen-bond donors (Lipinski definition) is 2. The Morgan fingerprint density at radius 3 is 2.54 bits per heavy atom. The number of likely N-dealkylation sites (tertiary alicyclic amines) is 1. The number of furan rings is 1. The summed E-state index contributed by atoms with van der Waals surface area (Å²) in [5.74, 6) is -1.36. The van der Waals surface area contributed by atoms with Crippen molar-refractivity contribution in [3.63, 3.8) is 0 Å². The van der Waals surface area contributed by atoms with Crippen LogP contribution < -0.4 is 0 Å². The van der Waals surface area contributed by atoms with Gasteiger partial charge < -0.3 is 24.3 Å². The third-order valence-electron chi connectivity index (χ3n) is 4.11. The molecule has 26 heavy (non-hydrogen) atoms. The first-order valence-electron chi connectivity index (χ1n) is 8.21. The Hall–Kier alpha value is -2.90. The van der Waals surface area contributed by atoms with Crippen LogP contribution in [0.2, 0.25) is 0 Å². The molecule has 1 unspecified atom stereocenters. The van der Waals surface area contributed by atoms with Crippen LogP contribution in [0.1, 0.15) is 17.4 Å². The van der Waals surface area contributed by atoms with Crippen molar-refractivity contribution in [3.05, 3.63) is 65.6 Å². The van der Waals surface area contributed by atoms with Gasteiger partial charge in [-0.2, -0.15) is 0 Å². The zero-order valence-electron chi connectivity index (χ0n) is 14.0. The van der Waals surface area contributed by atoms with E-state index in [1.54, 1.807) is 42.5 Å². The van der Waals surface area contributed by atoms with Crippen LogP contribution in [0.25, 0.3) is 5.76 Å². The summed E-state index contributed by atoms with van der Waals surface area (Å²) in [5.41, 5.74) is 0.428. The lowest BCUT2D eigenvalue weighted by molar-refractivity contribution is -0.140. The van der Waals surface area contributed by atoms with Crippen LogP contribution >= 0.6 is 0 Å². The second-order valence-electron chi connectivity index (χ2n) is 5.71. The Morgan fingerprint density at radius 2 is 1.88 bits per heavy atom. The number of aliphatic hydroxyl groups excluding tert-OH is 2. The van der Waals surface area contributed by atoms with Crippen molar-refractivity contribution < 1.29 is 29.0 Å². The summed E-state index contributed by atoms with van der Waals surface area (Å²) in [6, 6.07) is 11.0. The number of carbonyl (C=O) groups excluding carboxylic acids is 2. The van der Waals surface area contributed by atoms with Gasteiger partial charge in [-0.15, -0.1) is 0 Å². The summed E-state index contributed by atoms with van der Waals surface area (Å²) in [4.78, 5) is 26.4. The molecule has 1 aromatic heterocycles. The Morgan fingerprint density at radius 1 is 1.12 bits per heavy atom. The van der Waals surface area contributed by atoms with Crippen molar-refractivity contribution in [2.75, 3.05) is 26.4 Å². The number of benzene rings is 1. The van der Waals surface area contributed by atoms with Gasteiger partial charge in [0.1, 0.15) is 17.6 Å². The summed E-state index contributed by atoms with van der Waals surface area (Å²) in [7, 11) is 0. The molecule has 1 atom stereocenters. The van der Waals surface area contributed by atoms with Gasteiger partial charge in [-0.05, 0) is 12.1 Å². The molecule has 1 amide bonds. The van der Waals surface area contributed by atoms with Crippen LogP contribution in [0.5, 0.6) is 0 Å². The van der Waals surface area contributed by atoms with E-state index in [9.17, 15) is 14.7 Å². The smallest absolute Gasteiger partial charge is 0.295 e. The Balaban J connectivity index is 2.00. The predicted molar refractivity (Wildman–Crippen MR) is 92.1 cm³/mol. The molecule has 3 rings (SSSR count). The number of hydrogen-bond acceptors (Lipinski definition) is 6. The molecule has 1 aliphatic rings. The van der Waals surface area contributed by atoms with E-state index in [1.807, 2.05) is 0 Å². The maximum absolute atomic E-state index is 12.6. The molecule has 136 valence electrons. The molecule has 1 fully saturated rings. The van der Waals surface area contributed by atoms with Crippen LogP contribution in [-0.2, 0) is 14.3 Å². The van der Waals surface area contributed by atoms with E-state index < -0.39 is 17.7 Å². The SMILES string of the molecule is O=C1C(=O)N(CCOCCO)C(c2ccco2)/C1=C(\O)c1ccccc1. The number of ether oxygens (including phenoxy) is 1. The highest BCUT2D eigenvalue weighted by molar-refractivity contribution is 6.46. The highest BCUT2D eigenvalue weighted by Gasteiger charge is 2.47. The van der Waals surface area contributed by atoms with E-state index >= 15 is 0 Å². The lowest BCUT2D eigenvalue weighted by Gasteiger charge is -2.23. The van der Waals surface area contributed by atoms with Crippen molar-refractivity contribution in [3.8, 4) is 0 Å². The minimum atomic E-state index is -0.831. The average molecular weight is 357 g/mol. The summed E-state index contributed by atoms with van der Waals surface area (Å²) in [5, 5.41) is 19.5. The molecule has 0 bridgehead atoms. The van der Waals surface area contributed by atoms with Crippen molar-refractivity contribution >= 4 is 17.4 Å². The van der Waals surface area contributed by atoms with Crippen molar-refractivity contribution in [1.82, 2.24) is 4.90 Å². The van der Waals surface area contributed by atoms with E-state index in [0.717, 1.165) is 0 Å². The monoisotopic (exact) mass is 357 g/mol. The molecule has 0 saturated carbocycles. The van der Waals surface area contributed by atoms with Gasteiger partial charge in [0.05, 0.1) is 31.7 Å². The zero-order valence-corrected chi connectivity index (χ0v) is 14.0. The highest BCUT2D eigenvalue weighted by Crippen LogP contribution is 2.39. The van der Waals surface area contributed by atoms with Crippen molar-refractivity contribution in [2.45, 2.75) is 6.04 Å². The van der Waals surface area contributed by atoms with E-state index in [2.05, 4.69) is 0 Å². The quantitative estimate of drug-likeness (QED) is 0.339. The number of ketones is 1. The van der Waals surface area contributed by atoms with E-state index in [0.29, 0.717) is 11.3 Å². The highest BCUT2D eigenvalue weighted by atomic mass is 16.5. The molecule has 7 heteroatoms. The normalized spacial score (nSPS) is 19.3. The van der Waals surface area contributed by atoms with Crippen molar-refractivity contribution in [1.29, 1.82) is 0 Å². The summed E-state index contributed by atoms with van der Waals surface area (Å²) in [6.07, 6.45) is 1.44. The molecule has 1 saturated heterocycles. The van der Waals surface area contributed by atoms with Gasteiger partial charge in [-0.1, -0.05) is 30.3 Å². The van der Waals surface area contributed by atoms with Gasteiger partial charge in [0.2, 0.25) is 0 Å². The third-order valence-corrected chi connectivity index (χ3v) is 4.11. The van der Waals surface area contributed by atoms with Crippen LogP contribution in [0.4, 0.5) is 0 Å². The second kappa shape index (κ2) is 7.99. The van der Waals surface area contributed by atoms with Gasteiger partial charge in [0, 0.05) is 12.1 Å². The first-order chi connectivity index (χ1) is 12.6. The van der Waals surface area contributed by atoms with E-state index in [1.165, 1.54) is 11.2 Å². The number of rotatable bonds is 7. The maximum atomic E-state index is 12.6. The first kappa shape index (κ1) is 17.9. The molecule has 0 spiro atoms. The molecule has 0 radical (unpaired) electrons. The zero-order chi connectivity index (χ0) is 18.5. The number of aliphatic hydroxyl groups is 2. The molecule has 2 aromatic rings. The topological polar surface area (TPSA) is 100 Å². The first-order valence-corrected chi connectivity index (χ1v) is 8.21. The predicted octanol–water partition coefficient (Wildman–Crippen LogP) is 1.71. The lowest BCUT2D eigenvalue weighted by Crippen LogP contribution is -2.33. The number of amides is 1. The summed E-state index contributed by atoms with van der Waals surface area (Å²) >= 11 is 0. The minimum Gasteiger partial charge on any atom is -0.507 e. The fourth-order valence-electron chi connectivity index (χ4n) is 2.93. The number of nitrogens with zero attached hydrogens (tertiary/aromatic N) is 1. The fourth-order valence-corrected chi connectivity index (χ4v) is 2.93. The van der Waals surface area contributed by atoms with Crippen LogP contribution in [0.15, 0.2) is 58.7 Å². The van der Waals surface area contributed by atoms with Gasteiger partial charge in [0.25, 0.3) is 11.7 Å². The molecule has 1 aliphatic heterocycles. The molecule has 2 heterocycles. The van der Waals surface area contributed by atoms with Crippen LogP contribution in [-0.4, -0.2) is 53.2 Å². The van der Waals surface area contributed by atoms with E-state index in [-0.39, 0.29) is 37.7 Å². The molecular formula is C19H19NO6. The summed E-state index contributed by atoms with van der Waals surface area (Å²) < 4.78 is 10.6. The standard InChI is InChI=1S/C19H19NO6/c21-9-12-25-11-8-20-16(14-7-4-10-26-14)15(18(23)19(20)24)17(22)13-5-2-1-3-6-13/h1-7,10,16,21-22H,8-9,11-12H2/b17-15+. The van der Waals surface area contributed by atoms with Gasteiger partial charge >= 0.3 is 0 Å². The number of carbonyl (C=O) groups is 2. The second-order valence-corrected chi connectivity index (χ2v) is 5.71. The lowest BCUT2D eigenvalue weighted by atomic mass is 9.99. The molecule has 2 N–H and O–H groups in total. The molecule has 0 aliphatic carbocycles. The average Bonchev–Trinajstić information content (AvgIpc) is 3.27. The summed E-state index contributed by atoms with van der Waals surface area (Å²) in [6.45, 7) is 0.283. The van der Waals surface area contributed by atoms with Gasteiger partial charge in [0.15, 0.2) is 0 Å². The molecule has 7 nitrogen and oxygen atoms in total. The third kappa shape index (κ3) is 3.40. The van der Waals surface area contributed by atoms with E-state index in [4.69, 9.17) is 14.3 Å². The molecular weight excluding hydrogens is 338 g/mol. The maximum Gasteiger partial charge on any atom is 0.295 e. The molecule has 1 aromatic carbocycles. The van der Waals surface area contributed by atoms with Gasteiger partial charge in [-0.3, -0.25) is 9.59 Å². The van der Waals surface area contributed by atoms with Gasteiger partial charge in [-0.25, -0.2) is 0 Å². The Bertz CT molecular complexity index is 797. The van der Waals surface area contributed by atoms with Crippen molar-refractivity contribution in [2.24, 2.45) is 0 Å². The fraction of sp³-hybridized carbons (Fsp3) is 0.263. The Labute approximate surface area is 150 Å². The van der Waals surface area contributed by atoms with Crippen LogP contribution in [0.3, 0.4) is 0 Å². The largest absolute Gasteiger partial charge is 0.507 e.